The zero-order chi connectivity index (χ0) is 23.3. The minimum atomic E-state index is -0.542. The number of hydrogen-bond acceptors (Lipinski definition) is 5. The van der Waals surface area contributed by atoms with E-state index in [1.807, 2.05) is 19.9 Å². The molecule has 0 aliphatic carbocycles. The topological polar surface area (TPSA) is 87.0 Å². The Morgan fingerprint density at radius 1 is 1.31 bits per heavy atom. The molecule has 3 rings (SSSR count). The predicted molar refractivity (Wildman–Crippen MR) is 125 cm³/mol. The number of amides is 1. The summed E-state index contributed by atoms with van der Waals surface area (Å²) in [4.78, 5) is 17.0. The number of carbonyl (C=O) groups is 1. The van der Waals surface area contributed by atoms with Crippen LogP contribution in [0.3, 0.4) is 0 Å². The number of aromatic nitrogens is 1. The van der Waals surface area contributed by atoms with Crippen LogP contribution in [0.25, 0.3) is 10.9 Å². The van der Waals surface area contributed by atoms with Crippen molar-refractivity contribution in [3.8, 4) is 11.8 Å². The van der Waals surface area contributed by atoms with Crippen LogP contribution < -0.4 is 15.4 Å². The lowest BCUT2D eigenvalue weighted by Gasteiger charge is -2.16. The lowest BCUT2D eigenvalue weighted by molar-refractivity contribution is -0.112. The summed E-state index contributed by atoms with van der Waals surface area (Å²) in [6.45, 7) is 5.93. The van der Waals surface area contributed by atoms with Crippen molar-refractivity contribution < 1.29 is 13.9 Å². The van der Waals surface area contributed by atoms with Gasteiger partial charge in [-0.15, -0.1) is 0 Å². The van der Waals surface area contributed by atoms with Crippen LogP contribution in [0.5, 0.6) is 5.75 Å². The second-order valence-electron chi connectivity index (χ2n) is 6.96. The Hall–Kier alpha value is -3.63. The number of rotatable bonds is 7. The van der Waals surface area contributed by atoms with Crippen LogP contribution in [0.1, 0.15) is 32.8 Å². The fourth-order valence-corrected chi connectivity index (χ4v) is 3.33. The Balaban J connectivity index is 2.15. The summed E-state index contributed by atoms with van der Waals surface area (Å²) >= 11 is 5.90. The van der Waals surface area contributed by atoms with Gasteiger partial charge in [0.05, 0.1) is 34.1 Å². The fraction of sp³-hybridized carbons (Fsp3) is 0.208. The molecule has 1 heterocycles. The lowest BCUT2D eigenvalue weighted by Crippen LogP contribution is -2.14. The highest BCUT2D eigenvalue weighted by Gasteiger charge is 2.16. The molecule has 1 aromatic heterocycles. The summed E-state index contributed by atoms with van der Waals surface area (Å²) in [6, 6.07) is 9.71. The molecule has 3 aromatic rings. The van der Waals surface area contributed by atoms with Gasteiger partial charge in [-0.05, 0) is 44.5 Å². The number of anilines is 3. The van der Waals surface area contributed by atoms with E-state index in [9.17, 15) is 14.4 Å². The van der Waals surface area contributed by atoms with Crippen LogP contribution in [0, 0.1) is 17.1 Å². The molecule has 32 heavy (non-hydrogen) atoms. The van der Waals surface area contributed by atoms with Gasteiger partial charge in [0.25, 0.3) is 5.91 Å². The second kappa shape index (κ2) is 10.1. The molecular formula is C24H22ClFN4O2. The number of halogens is 2. The van der Waals surface area contributed by atoms with Gasteiger partial charge in [-0.3, -0.25) is 9.78 Å². The smallest absolute Gasteiger partial charge is 0.251 e. The van der Waals surface area contributed by atoms with Gasteiger partial charge in [0.1, 0.15) is 17.6 Å². The fourth-order valence-electron chi connectivity index (χ4n) is 3.15. The summed E-state index contributed by atoms with van der Waals surface area (Å²) in [6.07, 6.45) is 4.01. The normalized spacial score (nSPS) is 11.2. The molecule has 0 radical (unpaired) electrons. The predicted octanol–water partition coefficient (Wildman–Crippen LogP) is 6.34. The molecule has 0 aliphatic heterocycles. The van der Waals surface area contributed by atoms with Crippen molar-refractivity contribution in [1.29, 1.82) is 5.26 Å². The summed E-state index contributed by atoms with van der Waals surface area (Å²) in [5.74, 6) is -0.332. The summed E-state index contributed by atoms with van der Waals surface area (Å²) in [5, 5.41) is 16.2. The molecule has 0 spiro atoms. The van der Waals surface area contributed by atoms with Gasteiger partial charge in [-0.25, -0.2) is 4.39 Å². The van der Waals surface area contributed by atoms with Crippen molar-refractivity contribution in [2.24, 2.45) is 0 Å². The number of benzene rings is 2. The first kappa shape index (κ1) is 23.0. The minimum absolute atomic E-state index is 0.0448. The number of nitriles is 1. The van der Waals surface area contributed by atoms with E-state index in [0.29, 0.717) is 45.9 Å². The Morgan fingerprint density at radius 2 is 2.09 bits per heavy atom. The molecular weight excluding hydrogens is 431 g/mol. The van der Waals surface area contributed by atoms with E-state index in [2.05, 4.69) is 21.7 Å². The molecule has 0 unspecified atom stereocenters. The van der Waals surface area contributed by atoms with E-state index in [0.717, 1.165) is 6.42 Å². The standard InChI is InChI=1S/C24H22ClFN4O2/c1-4-6-14(3)24(31)30-21-10-17-20(11-22(21)32-5-2)28-13-15(12-27)23(17)29-16-7-8-19(26)18(25)9-16/h6-11,13H,4-5H2,1-3H3,(H,28,29)(H,30,31)/b14-6+. The lowest BCUT2D eigenvalue weighted by atomic mass is 10.1. The van der Waals surface area contributed by atoms with E-state index < -0.39 is 5.82 Å². The van der Waals surface area contributed by atoms with Gasteiger partial charge in [-0.1, -0.05) is 24.6 Å². The van der Waals surface area contributed by atoms with Crippen LogP contribution >= 0.6 is 11.6 Å². The third-order valence-corrected chi connectivity index (χ3v) is 4.98. The van der Waals surface area contributed by atoms with E-state index >= 15 is 0 Å². The number of hydrogen-bond donors (Lipinski definition) is 2. The maximum atomic E-state index is 13.6. The van der Waals surface area contributed by atoms with E-state index in [-0.39, 0.29) is 16.5 Å². The maximum Gasteiger partial charge on any atom is 0.251 e. The van der Waals surface area contributed by atoms with Crippen LogP contribution in [0.2, 0.25) is 5.02 Å². The van der Waals surface area contributed by atoms with Crippen LogP contribution in [-0.2, 0) is 4.79 Å². The number of ether oxygens (including phenoxy) is 1. The zero-order valence-corrected chi connectivity index (χ0v) is 18.7. The molecule has 0 saturated carbocycles. The molecule has 0 aliphatic rings. The highest BCUT2D eigenvalue weighted by atomic mass is 35.5. The third kappa shape index (κ3) is 4.98. The first-order valence-corrected chi connectivity index (χ1v) is 10.5. The molecule has 0 fully saturated rings. The van der Waals surface area contributed by atoms with Crippen LogP contribution in [0.4, 0.5) is 21.5 Å². The van der Waals surface area contributed by atoms with Crippen LogP contribution in [0.15, 0.2) is 48.2 Å². The monoisotopic (exact) mass is 452 g/mol. The van der Waals surface area contributed by atoms with E-state index in [1.54, 1.807) is 19.1 Å². The van der Waals surface area contributed by atoms with E-state index in [1.165, 1.54) is 24.4 Å². The number of allylic oxidation sites excluding steroid dienone is 1. The Bertz CT molecular complexity index is 1250. The number of pyridine rings is 1. The van der Waals surface area contributed by atoms with E-state index in [4.69, 9.17) is 16.3 Å². The third-order valence-electron chi connectivity index (χ3n) is 4.70. The van der Waals surface area contributed by atoms with Crippen molar-refractivity contribution in [1.82, 2.24) is 4.98 Å². The van der Waals surface area contributed by atoms with Crippen LogP contribution in [-0.4, -0.2) is 17.5 Å². The molecule has 2 N–H and O–H groups in total. The van der Waals surface area contributed by atoms with Crippen molar-refractivity contribution >= 4 is 45.5 Å². The maximum absolute atomic E-state index is 13.6. The van der Waals surface area contributed by atoms with Gasteiger partial charge < -0.3 is 15.4 Å². The van der Waals surface area contributed by atoms with Crippen molar-refractivity contribution in [3.63, 3.8) is 0 Å². The molecule has 164 valence electrons. The van der Waals surface area contributed by atoms with Gasteiger partial charge in [0.15, 0.2) is 0 Å². The average Bonchev–Trinajstić information content (AvgIpc) is 2.77. The van der Waals surface area contributed by atoms with Crippen molar-refractivity contribution in [3.05, 3.63) is 64.6 Å². The SMILES string of the molecule is CC/C=C(\C)C(=O)Nc1cc2c(Nc3ccc(F)c(Cl)c3)c(C#N)cnc2cc1OCC. The van der Waals surface area contributed by atoms with Gasteiger partial charge in [0.2, 0.25) is 0 Å². The van der Waals surface area contributed by atoms with Crippen molar-refractivity contribution in [2.75, 3.05) is 17.2 Å². The summed E-state index contributed by atoms with van der Waals surface area (Å²) < 4.78 is 19.3. The molecule has 0 bridgehead atoms. The zero-order valence-electron chi connectivity index (χ0n) is 17.9. The number of nitrogens with one attached hydrogen (secondary N) is 2. The highest BCUT2D eigenvalue weighted by Crippen LogP contribution is 2.36. The first-order chi connectivity index (χ1) is 15.4. The Morgan fingerprint density at radius 3 is 2.75 bits per heavy atom. The van der Waals surface area contributed by atoms with Crippen molar-refractivity contribution in [2.45, 2.75) is 27.2 Å². The molecule has 0 atom stereocenters. The van der Waals surface area contributed by atoms with Gasteiger partial charge in [-0.2, -0.15) is 5.26 Å². The molecule has 2 aromatic carbocycles. The van der Waals surface area contributed by atoms with Gasteiger partial charge in [0, 0.05) is 28.9 Å². The molecule has 1 amide bonds. The average molecular weight is 453 g/mol. The largest absolute Gasteiger partial charge is 0.492 e. The number of carbonyl (C=O) groups excluding carboxylic acids is 1. The number of nitrogens with zero attached hydrogens (tertiary/aromatic N) is 2. The van der Waals surface area contributed by atoms with Gasteiger partial charge >= 0.3 is 0 Å². The minimum Gasteiger partial charge on any atom is -0.492 e. The summed E-state index contributed by atoms with van der Waals surface area (Å²) in [7, 11) is 0. The molecule has 6 nitrogen and oxygen atoms in total. The Labute approximate surface area is 190 Å². The Kier molecular flexibility index (Phi) is 7.29. The molecule has 8 heteroatoms. The molecule has 0 saturated heterocycles. The first-order valence-electron chi connectivity index (χ1n) is 10.1. The number of fused-ring (bicyclic) bond motifs is 1. The second-order valence-corrected chi connectivity index (χ2v) is 7.37. The summed E-state index contributed by atoms with van der Waals surface area (Å²) in [5.41, 5.74) is 2.83. The quantitative estimate of drug-likeness (QED) is 0.408. The highest BCUT2D eigenvalue weighted by molar-refractivity contribution is 6.31.